The fraction of sp³-hybridized carbons (Fsp3) is 0.500. The van der Waals surface area contributed by atoms with Crippen LogP contribution in [0.2, 0.25) is 0 Å². The number of hydrogen-bond donors (Lipinski definition) is 1. The van der Waals surface area contributed by atoms with E-state index in [4.69, 9.17) is 10.00 Å². The van der Waals surface area contributed by atoms with Gasteiger partial charge in [0.2, 0.25) is 0 Å². The molecule has 0 bridgehead atoms. The first kappa shape index (κ1) is 12.9. The molecule has 1 fully saturated rings. The molecule has 0 saturated carbocycles. The van der Waals surface area contributed by atoms with E-state index in [2.05, 4.69) is 11.0 Å². The average Bonchev–Trinajstić information content (AvgIpc) is 2.46. The summed E-state index contributed by atoms with van der Waals surface area (Å²) in [7, 11) is 0. The Morgan fingerprint density at radius 3 is 3.06 bits per heavy atom. The highest BCUT2D eigenvalue weighted by Crippen LogP contribution is 2.29. The van der Waals surface area contributed by atoms with Crippen molar-refractivity contribution in [2.24, 2.45) is 0 Å². The van der Waals surface area contributed by atoms with E-state index in [1.807, 2.05) is 31.2 Å². The fourth-order valence-electron chi connectivity index (χ4n) is 2.22. The van der Waals surface area contributed by atoms with Gasteiger partial charge in [-0.2, -0.15) is 5.26 Å². The van der Waals surface area contributed by atoms with Crippen molar-refractivity contribution in [3.63, 3.8) is 0 Å². The van der Waals surface area contributed by atoms with Crippen molar-refractivity contribution in [3.05, 3.63) is 29.8 Å². The van der Waals surface area contributed by atoms with E-state index >= 15 is 0 Å². The second-order valence-electron chi connectivity index (χ2n) is 4.42. The van der Waals surface area contributed by atoms with Gasteiger partial charge < -0.3 is 14.7 Å². The smallest absolute Gasteiger partial charge is 0.161 e. The van der Waals surface area contributed by atoms with Crippen LogP contribution >= 0.6 is 0 Å². The van der Waals surface area contributed by atoms with Gasteiger partial charge in [0, 0.05) is 17.8 Å². The second-order valence-corrected chi connectivity index (χ2v) is 4.42. The summed E-state index contributed by atoms with van der Waals surface area (Å²) in [5, 5.41) is 19.0. The van der Waals surface area contributed by atoms with Gasteiger partial charge in [0.05, 0.1) is 25.3 Å². The van der Waals surface area contributed by atoms with Crippen LogP contribution in [0.3, 0.4) is 0 Å². The highest BCUT2D eigenvalue weighted by molar-refractivity contribution is 5.55. The van der Waals surface area contributed by atoms with Crippen molar-refractivity contribution in [3.8, 4) is 6.07 Å². The fourth-order valence-corrected chi connectivity index (χ4v) is 2.22. The quantitative estimate of drug-likeness (QED) is 0.884. The van der Waals surface area contributed by atoms with Gasteiger partial charge in [0.25, 0.3) is 0 Å². The molecule has 2 atom stereocenters. The minimum atomic E-state index is -0.454. The first-order chi connectivity index (χ1) is 8.76. The number of benzene rings is 1. The summed E-state index contributed by atoms with van der Waals surface area (Å²) >= 11 is 0. The van der Waals surface area contributed by atoms with Crippen molar-refractivity contribution >= 4 is 5.69 Å². The molecule has 1 aliphatic rings. The molecule has 1 heterocycles. The highest BCUT2D eigenvalue weighted by Gasteiger charge is 2.23. The molecular formula is C14H18N2O2. The Kier molecular flexibility index (Phi) is 4.19. The summed E-state index contributed by atoms with van der Waals surface area (Å²) in [6.07, 6.45) is -0.154. The van der Waals surface area contributed by atoms with Gasteiger partial charge in [-0.1, -0.05) is 25.1 Å². The van der Waals surface area contributed by atoms with Gasteiger partial charge in [-0.15, -0.1) is 0 Å². The zero-order valence-corrected chi connectivity index (χ0v) is 10.5. The van der Waals surface area contributed by atoms with E-state index in [1.54, 1.807) is 0 Å². The van der Waals surface area contributed by atoms with E-state index in [9.17, 15) is 5.11 Å². The number of anilines is 1. The number of para-hydroxylation sites is 1. The molecule has 0 aromatic heterocycles. The van der Waals surface area contributed by atoms with E-state index in [1.165, 1.54) is 0 Å². The van der Waals surface area contributed by atoms with Gasteiger partial charge in [0.15, 0.2) is 6.10 Å². The van der Waals surface area contributed by atoms with E-state index in [0.717, 1.165) is 17.8 Å². The molecule has 1 saturated heterocycles. The third-order valence-electron chi connectivity index (χ3n) is 3.23. The predicted octanol–water partition coefficient (Wildman–Crippen LogP) is 1.86. The summed E-state index contributed by atoms with van der Waals surface area (Å²) in [6, 6.07) is 9.97. The number of nitrogens with zero attached hydrogens (tertiary/aromatic N) is 2. The van der Waals surface area contributed by atoms with Crippen LogP contribution in [0.4, 0.5) is 5.69 Å². The topological polar surface area (TPSA) is 56.5 Å². The molecule has 4 nitrogen and oxygen atoms in total. The van der Waals surface area contributed by atoms with Crippen LogP contribution in [-0.4, -0.2) is 30.9 Å². The molecule has 1 unspecified atom stereocenters. The average molecular weight is 246 g/mol. The molecule has 2 rings (SSSR count). The first-order valence-electron chi connectivity index (χ1n) is 6.29. The van der Waals surface area contributed by atoms with E-state index in [0.29, 0.717) is 19.6 Å². The number of nitriles is 1. The van der Waals surface area contributed by atoms with Gasteiger partial charge in [-0.25, -0.2) is 0 Å². The summed E-state index contributed by atoms with van der Waals surface area (Å²) in [4.78, 5) is 2.12. The monoisotopic (exact) mass is 246 g/mol. The molecule has 4 heteroatoms. The van der Waals surface area contributed by atoms with E-state index in [-0.39, 0.29) is 6.10 Å². The van der Waals surface area contributed by atoms with Crippen molar-refractivity contribution in [1.82, 2.24) is 0 Å². The van der Waals surface area contributed by atoms with Crippen molar-refractivity contribution < 1.29 is 9.84 Å². The van der Waals surface area contributed by atoms with Crippen LogP contribution < -0.4 is 4.90 Å². The van der Waals surface area contributed by atoms with Crippen LogP contribution in [-0.2, 0) is 4.74 Å². The second kappa shape index (κ2) is 5.85. The third kappa shape index (κ3) is 2.63. The number of rotatable bonds is 3. The lowest BCUT2D eigenvalue weighted by Gasteiger charge is -2.33. The molecule has 0 amide bonds. The maximum absolute atomic E-state index is 10.0. The van der Waals surface area contributed by atoms with Gasteiger partial charge in [-0.05, 0) is 12.5 Å². The summed E-state index contributed by atoms with van der Waals surface area (Å²) in [5.74, 6) is 0. The zero-order valence-electron chi connectivity index (χ0n) is 10.5. The molecule has 0 spiro atoms. The Labute approximate surface area is 107 Å². The molecule has 96 valence electrons. The zero-order chi connectivity index (χ0) is 13.0. The van der Waals surface area contributed by atoms with Gasteiger partial charge >= 0.3 is 0 Å². The number of hydrogen-bond acceptors (Lipinski definition) is 4. The number of aliphatic hydroxyl groups is 1. The van der Waals surface area contributed by atoms with Crippen molar-refractivity contribution in [2.75, 3.05) is 24.6 Å². The van der Waals surface area contributed by atoms with Crippen LogP contribution in [0.25, 0.3) is 0 Å². The Morgan fingerprint density at radius 2 is 2.33 bits per heavy atom. The Bertz CT molecular complexity index is 442. The Balaban J connectivity index is 2.25. The molecule has 1 N–H and O–H groups in total. The third-order valence-corrected chi connectivity index (χ3v) is 3.23. The molecule has 18 heavy (non-hydrogen) atoms. The lowest BCUT2D eigenvalue weighted by Crippen LogP contribution is -2.42. The normalized spacial score (nSPS) is 21.4. The summed E-state index contributed by atoms with van der Waals surface area (Å²) in [5.41, 5.74) is 1.94. The highest BCUT2D eigenvalue weighted by atomic mass is 16.5. The summed E-state index contributed by atoms with van der Waals surface area (Å²) in [6.45, 7) is 3.82. The van der Waals surface area contributed by atoms with Gasteiger partial charge in [-0.3, -0.25) is 0 Å². The number of morpholine rings is 1. The van der Waals surface area contributed by atoms with Crippen LogP contribution in [0.1, 0.15) is 25.0 Å². The SMILES string of the molecule is CC[C@H](O)c1ccccc1N1CCOC(C#N)C1. The molecule has 0 radical (unpaired) electrons. The minimum absolute atomic E-state index is 0.384. The predicted molar refractivity (Wildman–Crippen MR) is 69.3 cm³/mol. The van der Waals surface area contributed by atoms with Crippen molar-refractivity contribution in [2.45, 2.75) is 25.6 Å². The molecule has 1 aromatic rings. The molecule has 1 aliphatic heterocycles. The van der Waals surface area contributed by atoms with Crippen LogP contribution in [0.5, 0.6) is 0 Å². The summed E-state index contributed by atoms with van der Waals surface area (Å²) < 4.78 is 5.34. The molecule has 0 aliphatic carbocycles. The van der Waals surface area contributed by atoms with Crippen LogP contribution in [0, 0.1) is 11.3 Å². The maximum Gasteiger partial charge on any atom is 0.161 e. The lowest BCUT2D eigenvalue weighted by atomic mass is 10.0. The molecular weight excluding hydrogens is 228 g/mol. The van der Waals surface area contributed by atoms with E-state index < -0.39 is 6.10 Å². The standard InChI is InChI=1S/C14H18N2O2/c1-2-14(17)12-5-3-4-6-13(12)16-7-8-18-11(9-15)10-16/h3-6,11,14,17H,2,7-8,10H2,1H3/t11?,14-/m0/s1. The van der Waals surface area contributed by atoms with Gasteiger partial charge in [0.1, 0.15) is 0 Å². The van der Waals surface area contributed by atoms with Crippen LogP contribution in [0.15, 0.2) is 24.3 Å². The minimum Gasteiger partial charge on any atom is -0.388 e. The Hall–Kier alpha value is -1.57. The van der Waals surface area contributed by atoms with Crippen molar-refractivity contribution in [1.29, 1.82) is 5.26 Å². The maximum atomic E-state index is 10.0. The number of aliphatic hydroxyl groups excluding tert-OH is 1. The largest absolute Gasteiger partial charge is 0.388 e. The Morgan fingerprint density at radius 1 is 1.56 bits per heavy atom. The molecule has 1 aromatic carbocycles. The lowest BCUT2D eigenvalue weighted by molar-refractivity contribution is 0.0760. The number of ether oxygens (including phenoxy) is 1. The first-order valence-corrected chi connectivity index (χ1v) is 6.29.